The third-order valence-corrected chi connectivity index (χ3v) is 7.80. The highest BCUT2D eigenvalue weighted by Crippen LogP contribution is 2.39. The third-order valence-electron chi connectivity index (χ3n) is 7.80. The molecule has 0 amide bonds. The number of benzene rings is 1. The molecule has 1 aromatic carbocycles. The van der Waals surface area contributed by atoms with Crippen molar-refractivity contribution >= 4 is 33.6 Å². The predicted octanol–water partition coefficient (Wildman–Crippen LogP) is 4.23. The van der Waals surface area contributed by atoms with Crippen LogP contribution in [0.4, 0.5) is 11.6 Å². The number of hydrogen-bond donors (Lipinski definition) is 3. The Morgan fingerprint density at radius 2 is 2.00 bits per heavy atom. The Hall–Kier alpha value is -4.28. The number of fused-ring (bicyclic) bond motifs is 2. The number of pyridine rings is 1. The van der Waals surface area contributed by atoms with Gasteiger partial charge in [-0.1, -0.05) is 12.1 Å². The lowest BCUT2D eigenvalue weighted by molar-refractivity contribution is 0.0738. The molecule has 0 unspecified atom stereocenters. The van der Waals surface area contributed by atoms with E-state index in [0.717, 1.165) is 24.0 Å². The van der Waals surface area contributed by atoms with Crippen LogP contribution in [0.15, 0.2) is 72.3 Å². The molecule has 206 valence electrons. The first-order valence-corrected chi connectivity index (χ1v) is 13.6. The molecule has 1 aliphatic carbocycles. The van der Waals surface area contributed by atoms with Crippen molar-refractivity contribution in [1.82, 2.24) is 34.2 Å². The Kier molecular flexibility index (Phi) is 6.31. The summed E-state index contributed by atoms with van der Waals surface area (Å²) in [7, 11) is 2.05. The largest absolute Gasteiger partial charge is 0.384 e. The molecule has 0 radical (unpaired) electrons. The van der Waals surface area contributed by atoms with Gasteiger partial charge in [0.05, 0.1) is 12.2 Å². The molecule has 40 heavy (non-hydrogen) atoms. The molecular weight excluding hydrogens is 504 g/mol. The zero-order valence-electron chi connectivity index (χ0n) is 23.1. The van der Waals surface area contributed by atoms with Gasteiger partial charge in [0.15, 0.2) is 11.5 Å². The van der Waals surface area contributed by atoms with Gasteiger partial charge in [0.1, 0.15) is 11.0 Å². The lowest BCUT2D eigenvalue weighted by Gasteiger charge is -2.18. The molecule has 4 heterocycles. The van der Waals surface area contributed by atoms with E-state index in [4.69, 9.17) is 4.98 Å². The lowest BCUT2D eigenvalue weighted by Crippen LogP contribution is -2.28. The summed E-state index contributed by atoms with van der Waals surface area (Å²) in [6.45, 7) is 8.38. The zero-order chi connectivity index (χ0) is 28.1. The van der Waals surface area contributed by atoms with Crippen molar-refractivity contribution in [3.05, 3.63) is 83.6 Å². The van der Waals surface area contributed by atoms with E-state index in [1.54, 1.807) is 42.8 Å². The van der Waals surface area contributed by atoms with Gasteiger partial charge in [0, 0.05) is 41.1 Å². The van der Waals surface area contributed by atoms with Crippen molar-refractivity contribution in [3.63, 3.8) is 0 Å². The Bertz CT molecular complexity index is 1790. The second-order valence-electron chi connectivity index (χ2n) is 11.0. The van der Waals surface area contributed by atoms with Gasteiger partial charge in [-0.15, -0.1) is 6.58 Å². The Balaban J connectivity index is 1.34. The first-order valence-electron chi connectivity index (χ1n) is 13.6. The van der Waals surface area contributed by atoms with Crippen LogP contribution in [0.25, 0.3) is 27.8 Å². The first-order chi connectivity index (χ1) is 19.2. The second kappa shape index (κ2) is 9.72. The average molecular weight is 539 g/mol. The van der Waals surface area contributed by atoms with E-state index in [1.165, 1.54) is 29.2 Å². The number of rotatable bonds is 10. The number of aliphatic hydroxyl groups is 1. The van der Waals surface area contributed by atoms with Gasteiger partial charge >= 0.3 is 0 Å². The maximum absolute atomic E-state index is 13.3. The monoisotopic (exact) mass is 538 g/mol. The summed E-state index contributed by atoms with van der Waals surface area (Å²) in [6.07, 6.45) is 8.92. The molecular formula is C30H34N8O2. The van der Waals surface area contributed by atoms with Gasteiger partial charge in [-0.25, -0.2) is 19.3 Å². The van der Waals surface area contributed by atoms with Gasteiger partial charge in [0.2, 0.25) is 5.95 Å². The summed E-state index contributed by atoms with van der Waals surface area (Å²) < 4.78 is 5.47. The molecule has 6 rings (SSSR count). The quantitative estimate of drug-likeness (QED) is 0.228. The van der Waals surface area contributed by atoms with E-state index in [2.05, 4.69) is 63.2 Å². The minimum Gasteiger partial charge on any atom is -0.384 e. The normalized spacial score (nSPS) is 14.6. The van der Waals surface area contributed by atoms with Crippen molar-refractivity contribution in [2.75, 3.05) is 12.4 Å². The number of aromatic nitrogens is 6. The topological polar surface area (TPSA) is 115 Å². The number of aryl methyl sites for hydroxylation is 1. The SMILES string of the molecule is C=CCn1c(=O)c2cnc(Nc3ccc4c(ccn4CCC4(NC)CC4)c3)nc2n1-c1cccc(C(C)(C)O)n1. The highest BCUT2D eigenvalue weighted by atomic mass is 16.3. The molecule has 10 nitrogen and oxygen atoms in total. The lowest BCUT2D eigenvalue weighted by atomic mass is 10.1. The smallest absolute Gasteiger partial charge is 0.278 e. The maximum atomic E-state index is 13.3. The van der Waals surface area contributed by atoms with Crippen LogP contribution in [-0.2, 0) is 18.7 Å². The number of nitrogens with zero attached hydrogens (tertiary/aromatic N) is 6. The molecule has 0 saturated heterocycles. The molecule has 1 saturated carbocycles. The van der Waals surface area contributed by atoms with Crippen LogP contribution in [0.3, 0.4) is 0 Å². The summed E-state index contributed by atoms with van der Waals surface area (Å²) in [6, 6.07) is 13.7. The summed E-state index contributed by atoms with van der Waals surface area (Å²) in [5.74, 6) is 0.825. The Morgan fingerprint density at radius 1 is 1.18 bits per heavy atom. The van der Waals surface area contributed by atoms with Gasteiger partial charge in [-0.05, 0) is 76.6 Å². The first kappa shape index (κ1) is 26.0. The molecule has 3 N–H and O–H groups in total. The molecule has 0 bridgehead atoms. The standard InChI is InChI=1S/C30H34N8O2/c1-5-15-37-27(39)22-19-32-28(35-26(22)38(37)25-8-6-7-24(34-25)29(2,3)40)33-21-9-10-23-20(18-21)11-16-36(23)17-14-30(31-4)12-13-30/h5-11,16,18-19,31,40H,1,12-15,17H2,2-4H3,(H,32,33,35). The minimum atomic E-state index is -1.14. The fourth-order valence-corrected chi connectivity index (χ4v) is 5.20. The van der Waals surface area contributed by atoms with Gasteiger partial charge in [-0.3, -0.25) is 4.79 Å². The van der Waals surface area contributed by atoms with E-state index < -0.39 is 5.60 Å². The second-order valence-corrected chi connectivity index (χ2v) is 11.0. The molecule has 10 heteroatoms. The predicted molar refractivity (Wildman–Crippen MR) is 157 cm³/mol. The molecule has 0 spiro atoms. The van der Waals surface area contributed by atoms with E-state index in [-0.39, 0.29) is 12.1 Å². The highest BCUT2D eigenvalue weighted by Gasteiger charge is 2.40. The van der Waals surface area contributed by atoms with Crippen LogP contribution >= 0.6 is 0 Å². The van der Waals surface area contributed by atoms with Crippen LogP contribution in [-0.4, -0.2) is 46.6 Å². The highest BCUT2D eigenvalue weighted by molar-refractivity contribution is 5.85. The van der Waals surface area contributed by atoms with Crippen LogP contribution < -0.4 is 16.2 Å². The number of anilines is 2. The fourth-order valence-electron chi connectivity index (χ4n) is 5.20. The number of nitrogens with one attached hydrogen (secondary N) is 2. The van der Waals surface area contributed by atoms with E-state index in [9.17, 15) is 9.90 Å². The Morgan fingerprint density at radius 3 is 2.73 bits per heavy atom. The van der Waals surface area contributed by atoms with Crippen LogP contribution in [0.2, 0.25) is 0 Å². The van der Waals surface area contributed by atoms with Crippen LogP contribution in [0.5, 0.6) is 0 Å². The van der Waals surface area contributed by atoms with Gasteiger partial charge in [-0.2, -0.15) is 4.98 Å². The van der Waals surface area contributed by atoms with Crippen molar-refractivity contribution in [2.45, 2.75) is 57.3 Å². The summed E-state index contributed by atoms with van der Waals surface area (Å²) in [5, 5.41) is 18.8. The van der Waals surface area contributed by atoms with Crippen molar-refractivity contribution in [3.8, 4) is 5.82 Å². The summed E-state index contributed by atoms with van der Waals surface area (Å²) in [5.41, 5.74) is 1.84. The molecule has 1 fully saturated rings. The molecule has 4 aromatic heterocycles. The van der Waals surface area contributed by atoms with Gasteiger partial charge < -0.3 is 20.3 Å². The Labute approximate surface area is 232 Å². The fraction of sp³-hybridized carbons (Fsp3) is 0.333. The van der Waals surface area contributed by atoms with E-state index >= 15 is 0 Å². The van der Waals surface area contributed by atoms with E-state index in [0.29, 0.717) is 34.0 Å². The maximum Gasteiger partial charge on any atom is 0.278 e. The summed E-state index contributed by atoms with van der Waals surface area (Å²) >= 11 is 0. The number of hydrogen-bond acceptors (Lipinski definition) is 7. The molecule has 0 atom stereocenters. The van der Waals surface area contributed by atoms with Gasteiger partial charge in [0.25, 0.3) is 5.56 Å². The third kappa shape index (κ3) is 4.69. The number of allylic oxidation sites excluding steroid dienone is 1. The van der Waals surface area contributed by atoms with Crippen LogP contribution in [0, 0.1) is 0 Å². The van der Waals surface area contributed by atoms with E-state index in [1.807, 2.05) is 6.07 Å². The molecule has 1 aliphatic rings. The zero-order valence-corrected chi connectivity index (χ0v) is 23.1. The van der Waals surface area contributed by atoms with Crippen molar-refractivity contribution in [1.29, 1.82) is 0 Å². The average Bonchev–Trinajstić information content (AvgIpc) is 3.54. The molecule has 0 aliphatic heterocycles. The minimum absolute atomic E-state index is 0.245. The molecule has 5 aromatic rings. The van der Waals surface area contributed by atoms with Crippen LogP contribution in [0.1, 0.15) is 38.8 Å². The van der Waals surface area contributed by atoms with Crippen molar-refractivity contribution < 1.29 is 5.11 Å². The van der Waals surface area contributed by atoms with Crippen molar-refractivity contribution in [2.24, 2.45) is 0 Å². The summed E-state index contributed by atoms with van der Waals surface area (Å²) in [4.78, 5) is 27.1.